The minimum atomic E-state index is 0.0169. The van der Waals surface area contributed by atoms with Gasteiger partial charge in [-0.2, -0.15) is 0 Å². The van der Waals surface area contributed by atoms with Crippen LogP contribution in [0.2, 0.25) is 0 Å². The molecule has 2 rings (SSSR count). The fourth-order valence-electron chi connectivity index (χ4n) is 2.10. The number of hydrogen-bond donors (Lipinski definition) is 2. The first-order chi connectivity index (χ1) is 9.51. The molecule has 4 heteroatoms. The molecule has 110 valence electrons. The largest absolute Gasteiger partial charge is 0.370 e. The van der Waals surface area contributed by atoms with Gasteiger partial charge < -0.3 is 10.6 Å². The van der Waals surface area contributed by atoms with E-state index in [1.54, 1.807) is 0 Å². The molecule has 0 aromatic carbocycles. The zero-order valence-corrected chi connectivity index (χ0v) is 12.9. The van der Waals surface area contributed by atoms with Crippen molar-refractivity contribution in [2.75, 3.05) is 11.9 Å². The summed E-state index contributed by atoms with van der Waals surface area (Å²) in [5.41, 5.74) is 1.67. The SMILES string of the molecule is CCCNc1cc(C(=O)NC2CC2C)cc(C(C)C)n1. The lowest BCUT2D eigenvalue weighted by atomic mass is 10.1. The van der Waals surface area contributed by atoms with Crippen LogP contribution in [-0.2, 0) is 0 Å². The summed E-state index contributed by atoms with van der Waals surface area (Å²) in [5, 5.41) is 6.35. The standard InChI is InChI=1S/C16H25N3O/c1-5-6-17-15-9-12(8-13(18-15)10(2)3)16(20)19-14-7-11(14)4/h8-11,14H,5-7H2,1-4H3,(H,17,18)(H,19,20). The molecule has 1 aliphatic rings. The average molecular weight is 275 g/mol. The molecule has 0 radical (unpaired) electrons. The molecule has 1 saturated carbocycles. The molecule has 2 unspecified atom stereocenters. The average Bonchev–Trinajstić information content (AvgIpc) is 3.11. The molecule has 1 fully saturated rings. The van der Waals surface area contributed by atoms with Crippen LogP contribution in [-0.4, -0.2) is 23.5 Å². The highest BCUT2D eigenvalue weighted by Crippen LogP contribution is 2.29. The second-order valence-electron chi connectivity index (χ2n) is 6.04. The fraction of sp³-hybridized carbons (Fsp3) is 0.625. The van der Waals surface area contributed by atoms with Crippen molar-refractivity contribution in [1.82, 2.24) is 10.3 Å². The van der Waals surface area contributed by atoms with Crippen LogP contribution in [0.5, 0.6) is 0 Å². The third kappa shape index (κ3) is 3.71. The molecule has 2 atom stereocenters. The number of hydrogen-bond acceptors (Lipinski definition) is 3. The second-order valence-corrected chi connectivity index (χ2v) is 6.04. The summed E-state index contributed by atoms with van der Waals surface area (Å²) >= 11 is 0. The number of nitrogens with zero attached hydrogens (tertiary/aromatic N) is 1. The highest BCUT2D eigenvalue weighted by Gasteiger charge is 2.34. The topological polar surface area (TPSA) is 54.0 Å². The molecule has 0 aliphatic heterocycles. The Morgan fingerprint density at radius 2 is 2.15 bits per heavy atom. The quantitative estimate of drug-likeness (QED) is 0.838. The maximum absolute atomic E-state index is 12.3. The minimum Gasteiger partial charge on any atom is -0.370 e. The van der Waals surface area contributed by atoms with Gasteiger partial charge in [0.1, 0.15) is 5.82 Å². The summed E-state index contributed by atoms with van der Waals surface area (Å²) in [6, 6.07) is 4.11. The van der Waals surface area contributed by atoms with Crippen LogP contribution in [0.4, 0.5) is 5.82 Å². The molecule has 4 nitrogen and oxygen atoms in total. The third-order valence-electron chi connectivity index (χ3n) is 3.68. The van der Waals surface area contributed by atoms with E-state index < -0.39 is 0 Å². The van der Waals surface area contributed by atoms with Crippen molar-refractivity contribution in [2.24, 2.45) is 5.92 Å². The van der Waals surface area contributed by atoms with Gasteiger partial charge in [-0.3, -0.25) is 4.79 Å². The van der Waals surface area contributed by atoms with Gasteiger partial charge in [0, 0.05) is 23.8 Å². The van der Waals surface area contributed by atoms with Crippen molar-refractivity contribution in [3.8, 4) is 0 Å². The molecule has 0 saturated heterocycles. The predicted molar refractivity (Wildman–Crippen MR) is 82.1 cm³/mol. The summed E-state index contributed by atoms with van der Waals surface area (Å²) in [6.45, 7) is 9.33. The lowest BCUT2D eigenvalue weighted by Crippen LogP contribution is -2.27. The Bertz CT molecular complexity index is 485. The van der Waals surface area contributed by atoms with Crippen molar-refractivity contribution < 1.29 is 4.79 Å². The normalized spacial score (nSPS) is 20.9. The molecule has 1 amide bonds. The van der Waals surface area contributed by atoms with Gasteiger partial charge in [-0.25, -0.2) is 4.98 Å². The molecule has 1 aromatic rings. The van der Waals surface area contributed by atoms with E-state index in [0.717, 1.165) is 30.9 Å². The van der Waals surface area contributed by atoms with E-state index in [4.69, 9.17) is 0 Å². The van der Waals surface area contributed by atoms with Crippen molar-refractivity contribution >= 4 is 11.7 Å². The number of aromatic nitrogens is 1. The van der Waals surface area contributed by atoms with Crippen molar-refractivity contribution in [3.05, 3.63) is 23.4 Å². The van der Waals surface area contributed by atoms with Crippen molar-refractivity contribution in [3.63, 3.8) is 0 Å². The summed E-state index contributed by atoms with van der Waals surface area (Å²) in [7, 11) is 0. The van der Waals surface area contributed by atoms with Crippen LogP contribution in [0.3, 0.4) is 0 Å². The monoisotopic (exact) mass is 275 g/mol. The number of carbonyl (C=O) groups is 1. The van der Waals surface area contributed by atoms with Crippen LogP contribution in [0.25, 0.3) is 0 Å². The van der Waals surface area contributed by atoms with Crippen molar-refractivity contribution in [1.29, 1.82) is 0 Å². The molecule has 2 N–H and O–H groups in total. The minimum absolute atomic E-state index is 0.0169. The van der Waals surface area contributed by atoms with E-state index in [9.17, 15) is 4.79 Å². The second kappa shape index (κ2) is 6.25. The van der Waals surface area contributed by atoms with E-state index in [2.05, 4.69) is 43.3 Å². The van der Waals surface area contributed by atoms with Crippen molar-refractivity contribution in [2.45, 2.75) is 52.5 Å². The number of rotatable bonds is 6. The van der Waals surface area contributed by atoms with Crippen LogP contribution in [0.15, 0.2) is 12.1 Å². The number of anilines is 1. The Morgan fingerprint density at radius 1 is 1.45 bits per heavy atom. The lowest BCUT2D eigenvalue weighted by molar-refractivity contribution is 0.0949. The summed E-state index contributed by atoms with van der Waals surface area (Å²) < 4.78 is 0. The first kappa shape index (κ1) is 14.8. The number of amides is 1. The Labute approximate surface area is 121 Å². The molecule has 0 spiro atoms. The summed E-state index contributed by atoms with van der Waals surface area (Å²) in [6.07, 6.45) is 2.13. The van der Waals surface area contributed by atoms with Crippen LogP contribution >= 0.6 is 0 Å². The van der Waals surface area contributed by atoms with Gasteiger partial charge in [-0.1, -0.05) is 27.7 Å². The first-order valence-corrected chi connectivity index (χ1v) is 7.58. The van der Waals surface area contributed by atoms with Gasteiger partial charge in [0.2, 0.25) is 0 Å². The summed E-state index contributed by atoms with van der Waals surface area (Å²) in [5.74, 6) is 1.74. The maximum atomic E-state index is 12.3. The predicted octanol–water partition coefficient (Wildman–Crippen LogP) is 3.17. The Kier molecular flexibility index (Phi) is 4.63. The van der Waals surface area contributed by atoms with Crippen LogP contribution < -0.4 is 10.6 Å². The lowest BCUT2D eigenvalue weighted by Gasteiger charge is -2.12. The van der Waals surface area contributed by atoms with Gasteiger partial charge in [0.15, 0.2) is 0 Å². The molecule has 1 heterocycles. The van der Waals surface area contributed by atoms with Gasteiger partial charge in [0.05, 0.1) is 0 Å². The Morgan fingerprint density at radius 3 is 2.70 bits per heavy atom. The molecule has 1 aromatic heterocycles. The fourth-order valence-corrected chi connectivity index (χ4v) is 2.10. The smallest absolute Gasteiger partial charge is 0.251 e. The Hall–Kier alpha value is -1.58. The highest BCUT2D eigenvalue weighted by atomic mass is 16.1. The van der Waals surface area contributed by atoms with Crippen LogP contribution in [0, 0.1) is 5.92 Å². The number of nitrogens with one attached hydrogen (secondary N) is 2. The van der Waals surface area contributed by atoms with Gasteiger partial charge in [-0.15, -0.1) is 0 Å². The van der Waals surface area contributed by atoms with E-state index in [0.29, 0.717) is 23.4 Å². The van der Waals surface area contributed by atoms with E-state index in [1.807, 2.05) is 12.1 Å². The van der Waals surface area contributed by atoms with Crippen LogP contribution in [0.1, 0.15) is 62.5 Å². The molecular weight excluding hydrogens is 250 g/mol. The van der Waals surface area contributed by atoms with Gasteiger partial charge >= 0.3 is 0 Å². The molecule has 0 bridgehead atoms. The highest BCUT2D eigenvalue weighted by molar-refractivity contribution is 5.95. The molecule has 1 aliphatic carbocycles. The van der Waals surface area contributed by atoms with E-state index >= 15 is 0 Å². The zero-order chi connectivity index (χ0) is 14.7. The maximum Gasteiger partial charge on any atom is 0.251 e. The third-order valence-corrected chi connectivity index (χ3v) is 3.68. The zero-order valence-electron chi connectivity index (χ0n) is 12.9. The first-order valence-electron chi connectivity index (χ1n) is 7.58. The Balaban J connectivity index is 2.16. The van der Waals surface area contributed by atoms with Gasteiger partial charge in [0.25, 0.3) is 5.91 Å². The van der Waals surface area contributed by atoms with E-state index in [-0.39, 0.29) is 5.91 Å². The number of carbonyl (C=O) groups excluding carboxylic acids is 1. The molecular formula is C16H25N3O. The summed E-state index contributed by atoms with van der Waals surface area (Å²) in [4.78, 5) is 16.8. The molecule has 20 heavy (non-hydrogen) atoms. The van der Waals surface area contributed by atoms with Gasteiger partial charge in [-0.05, 0) is 36.8 Å². The number of pyridine rings is 1. The van der Waals surface area contributed by atoms with E-state index in [1.165, 1.54) is 0 Å².